The number of carboxylic acids is 1. The number of aliphatic carboxylic acids is 1. The Morgan fingerprint density at radius 2 is 2.03 bits per heavy atom. The average molecular weight is 469 g/mol. The molecule has 3 aromatic rings. The number of hydrazone groups is 1. The molecule has 2 unspecified atom stereocenters. The minimum absolute atomic E-state index is 0.0177. The SMILES string of the molecule is CCC(CCC(=O)O)N1N=C(c2ccc3c(c2)nc(-c2cccc(F)c2)n3C)C(C)SC1=O. The van der Waals surface area contributed by atoms with Crippen LogP contribution in [0.15, 0.2) is 47.6 Å². The zero-order chi connectivity index (χ0) is 23.7. The molecule has 1 aromatic heterocycles. The summed E-state index contributed by atoms with van der Waals surface area (Å²) in [7, 11) is 1.89. The lowest BCUT2D eigenvalue weighted by atomic mass is 10.1. The largest absolute Gasteiger partial charge is 0.481 e. The smallest absolute Gasteiger partial charge is 0.303 e. The summed E-state index contributed by atoms with van der Waals surface area (Å²) in [6.07, 6.45) is 0.941. The van der Waals surface area contributed by atoms with Crippen LogP contribution in [0, 0.1) is 5.82 Å². The first-order chi connectivity index (χ1) is 15.8. The summed E-state index contributed by atoms with van der Waals surface area (Å²) in [5.41, 5.74) is 3.92. The van der Waals surface area contributed by atoms with Crippen molar-refractivity contribution in [3.63, 3.8) is 0 Å². The number of amides is 1. The highest BCUT2D eigenvalue weighted by Crippen LogP contribution is 2.31. The van der Waals surface area contributed by atoms with Gasteiger partial charge >= 0.3 is 11.2 Å². The van der Waals surface area contributed by atoms with Crippen molar-refractivity contribution in [1.29, 1.82) is 0 Å². The Morgan fingerprint density at radius 1 is 1.24 bits per heavy atom. The Morgan fingerprint density at radius 3 is 2.73 bits per heavy atom. The molecule has 0 aliphatic carbocycles. The van der Waals surface area contributed by atoms with E-state index in [1.807, 2.05) is 49.7 Å². The number of nitrogens with zero attached hydrogens (tertiary/aromatic N) is 4. The highest BCUT2D eigenvalue weighted by atomic mass is 32.2. The zero-order valence-electron chi connectivity index (χ0n) is 18.7. The lowest BCUT2D eigenvalue weighted by molar-refractivity contribution is -0.137. The molecular weight excluding hydrogens is 443 g/mol. The van der Waals surface area contributed by atoms with Gasteiger partial charge in [-0.15, -0.1) is 0 Å². The van der Waals surface area contributed by atoms with Crippen molar-refractivity contribution in [1.82, 2.24) is 14.6 Å². The number of imidazole rings is 1. The summed E-state index contributed by atoms with van der Waals surface area (Å²) in [5, 5.41) is 14.8. The van der Waals surface area contributed by atoms with Crippen LogP contribution in [-0.4, -0.2) is 47.9 Å². The standard InChI is InChI=1S/C24H25FN4O3S/c1-4-18(9-11-21(30)31)29-24(32)33-14(2)22(27-29)15-8-10-20-19(13-15)26-23(28(20)3)16-6-5-7-17(25)12-16/h5-8,10,12-14,18H,4,9,11H2,1-3H3,(H,30,31). The van der Waals surface area contributed by atoms with Crippen LogP contribution >= 0.6 is 11.8 Å². The lowest BCUT2D eigenvalue weighted by Gasteiger charge is -2.32. The zero-order valence-corrected chi connectivity index (χ0v) is 19.5. The van der Waals surface area contributed by atoms with Gasteiger partial charge < -0.3 is 9.67 Å². The molecule has 33 heavy (non-hydrogen) atoms. The van der Waals surface area contributed by atoms with Crippen molar-refractivity contribution >= 4 is 39.7 Å². The molecule has 2 heterocycles. The predicted octanol–water partition coefficient (Wildman–Crippen LogP) is 5.28. The summed E-state index contributed by atoms with van der Waals surface area (Å²) >= 11 is 1.18. The first kappa shape index (κ1) is 23.0. The normalized spacial score (nSPS) is 17.3. The van der Waals surface area contributed by atoms with E-state index in [9.17, 15) is 14.0 Å². The molecule has 1 amide bonds. The van der Waals surface area contributed by atoms with Crippen molar-refractivity contribution in [2.75, 3.05) is 0 Å². The monoisotopic (exact) mass is 468 g/mol. The molecule has 2 aromatic carbocycles. The summed E-state index contributed by atoms with van der Waals surface area (Å²) in [6.45, 7) is 3.85. The molecule has 0 radical (unpaired) electrons. The van der Waals surface area contributed by atoms with E-state index in [1.165, 1.54) is 28.9 Å². The molecule has 1 N–H and O–H groups in total. The van der Waals surface area contributed by atoms with E-state index in [2.05, 4.69) is 5.10 Å². The van der Waals surface area contributed by atoms with Gasteiger partial charge in [0.05, 0.1) is 28.0 Å². The third kappa shape index (κ3) is 4.64. The lowest BCUT2D eigenvalue weighted by Crippen LogP contribution is -2.40. The second-order valence-corrected chi connectivity index (χ2v) is 9.35. The minimum atomic E-state index is -0.891. The number of hydrogen-bond donors (Lipinski definition) is 1. The van der Waals surface area contributed by atoms with Crippen molar-refractivity contribution in [3.05, 3.63) is 53.8 Å². The topological polar surface area (TPSA) is 87.8 Å². The second-order valence-electron chi connectivity index (χ2n) is 8.06. The maximum Gasteiger partial charge on any atom is 0.303 e. The van der Waals surface area contributed by atoms with Crippen LogP contribution < -0.4 is 0 Å². The van der Waals surface area contributed by atoms with Crippen LogP contribution in [-0.2, 0) is 11.8 Å². The highest BCUT2D eigenvalue weighted by molar-refractivity contribution is 8.14. The molecule has 4 rings (SSSR count). The van der Waals surface area contributed by atoms with E-state index < -0.39 is 5.97 Å². The Labute approximate surface area is 195 Å². The number of hydrogen-bond acceptors (Lipinski definition) is 5. The van der Waals surface area contributed by atoms with Crippen LogP contribution in [0.3, 0.4) is 0 Å². The summed E-state index contributed by atoms with van der Waals surface area (Å²) < 4.78 is 15.7. The van der Waals surface area contributed by atoms with E-state index in [4.69, 9.17) is 10.1 Å². The first-order valence-electron chi connectivity index (χ1n) is 10.8. The number of carbonyl (C=O) groups is 2. The molecule has 0 saturated carbocycles. The van der Waals surface area contributed by atoms with Crippen molar-refractivity contribution in [2.24, 2.45) is 12.1 Å². The van der Waals surface area contributed by atoms with Gasteiger partial charge in [-0.3, -0.25) is 9.59 Å². The quantitative estimate of drug-likeness (QED) is 0.509. The number of carboxylic acid groups (broad SMARTS) is 1. The first-order valence-corrected chi connectivity index (χ1v) is 11.7. The van der Waals surface area contributed by atoms with Gasteiger partial charge in [-0.1, -0.05) is 36.9 Å². The Bertz CT molecular complexity index is 1260. The number of aromatic nitrogens is 2. The fraction of sp³-hybridized carbons (Fsp3) is 0.333. The van der Waals surface area contributed by atoms with E-state index in [1.54, 1.807) is 6.07 Å². The van der Waals surface area contributed by atoms with Gasteiger partial charge in [0.15, 0.2) is 0 Å². The number of aryl methyl sites for hydroxylation is 1. The van der Waals surface area contributed by atoms with E-state index >= 15 is 0 Å². The van der Waals surface area contributed by atoms with Crippen LogP contribution in [0.5, 0.6) is 0 Å². The number of carbonyl (C=O) groups excluding carboxylic acids is 1. The van der Waals surface area contributed by atoms with E-state index in [-0.39, 0.29) is 28.8 Å². The number of halogens is 1. The molecule has 0 fully saturated rings. The van der Waals surface area contributed by atoms with Crippen LogP contribution in [0.1, 0.15) is 38.7 Å². The fourth-order valence-corrected chi connectivity index (χ4v) is 4.95. The van der Waals surface area contributed by atoms with Gasteiger partial charge in [0, 0.05) is 24.6 Å². The van der Waals surface area contributed by atoms with Gasteiger partial charge in [0.2, 0.25) is 0 Å². The number of thioether (sulfide) groups is 1. The molecular formula is C24H25FN4O3S. The van der Waals surface area contributed by atoms with Crippen molar-refractivity contribution in [3.8, 4) is 11.4 Å². The number of benzene rings is 2. The van der Waals surface area contributed by atoms with Crippen molar-refractivity contribution in [2.45, 2.75) is 44.4 Å². The Hall–Kier alpha value is -3.20. The molecule has 9 heteroatoms. The molecule has 172 valence electrons. The van der Waals surface area contributed by atoms with Gasteiger partial charge in [-0.05, 0) is 44.0 Å². The molecule has 2 atom stereocenters. The summed E-state index contributed by atoms with van der Waals surface area (Å²) in [5.74, 6) is -0.551. The maximum atomic E-state index is 13.7. The van der Waals surface area contributed by atoms with Crippen LogP contribution in [0.25, 0.3) is 22.4 Å². The Balaban J connectivity index is 1.72. The van der Waals surface area contributed by atoms with Gasteiger partial charge in [0.1, 0.15) is 11.6 Å². The third-order valence-corrected chi connectivity index (χ3v) is 6.80. The molecule has 1 aliphatic rings. The number of fused-ring (bicyclic) bond motifs is 1. The Kier molecular flexibility index (Phi) is 6.51. The van der Waals surface area contributed by atoms with Gasteiger partial charge in [0.25, 0.3) is 0 Å². The van der Waals surface area contributed by atoms with E-state index in [0.717, 1.165) is 22.3 Å². The summed E-state index contributed by atoms with van der Waals surface area (Å²) in [6, 6.07) is 11.9. The molecule has 0 spiro atoms. The highest BCUT2D eigenvalue weighted by Gasteiger charge is 2.32. The third-order valence-electron chi connectivity index (χ3n) is 5.83. The van der Waals surface area contributed by atoms with E-state index in [0.29, 0.717) is 24.2 Å². The van der Waals surface area contributed by atoms with Crippen LogP contribution in [0.2, 0.25) is 0 Å². The molecule has 1 aliphatic heterocycles. The van der Waals surface area contributed by atoms with Gasteiger partial charge in [-0.25, -0.2) is 14.4 Å². The average Bonchev–Trinajstić information content (AvgIpc) is 3.11. The maximum absolute atomic E-state index is 13.7. The molecule has 0 bridgehead atoms. The summed E-state index contributed by atoms with van der Waals surface area (Å²) in [4.78, 5) is 28.4. The molecule has 7 nitrogen and oxygen atoms in total. The minimum Gasteiger partial charge on any atom is -0.481 e. The number of rotatable bonds is 7. The van der Waals surface area contributed by atoms with Gasteiger partial charge in [-0.2, -0.15) is 5.10 Å². The van der Waals surface area contributed by atoms with Crippen LogP contribution in [0.4, 0.5) is 9.18 Å². The predicted molar refractivity (Wildman–Crippen MR) is 128 cm³/mol. The second kappa shape index (κ2) is 9.35. The fourth-order valence-electron chi connectivity index (χ4n) is 4.06. The molecule has 0 saturated heterocycles. The van der Waals surface area contributed by atoms with Crippen molar-refractivity contribution < 1.29 is 19.1 Å².